The molecule has 3 rings (SSSR count). The van der Waals surface area contributed by atoms with Crippen LogP contribution >= 0.6 is 11.3 Å². The van der Waals surface area contributed by atoms with Crippen LogP contribution in [0.3, 0.4) is 0 Å². The first kappa shape index (κ1) is 8.43. The fourth-order valence-corrected chi connectivity index (χ4v) is 2.13. The van der Waals surface area contributed by atoms with Gasteiger partial charge in [-0.2, -0.15) is 0 Å². The smallest absolute Gasteiger partial charge is 0.269 e. The lowest BCUT2D eigenvalue weighted by Crippen LogP contribution is -2.07. The zero-order valence-electron chi connectivity index (χ0n) is 7.56. The summed E-state index contributed by atoms with van der Waals surface area (Å²) in [6.07, 6.45) is 1.55. The SMILES string of the molecule is O=c1[nH]c(-c2ccco2)nc2ccsc12. The summed E-state index contributed by atoms with van der Waals surface area (Å²) in [5, 5.41) is 1.85. The third-order valence-electron chi connectivity index (χ3n) is 2.07. The molecule has 0 aliphatic carbocycles. The number of rotatable bonds is 1. The van der Waals surface area contributed by atoms with Crippen molar-refractivity contribution in [1.82, 2.24) is 9.97 Å². The highest BCUT2D eigenvalue weighted by Gasteiger charge is 2.07. The van der Waals surface area contributed by atoms with Crippen molar-refractivity contribution >= 4 is 21.6 Å². The van der Waals surface area contributed by atoms with E-state index in [1.165, 1.54) is 11.3 Å². The Balaban J connectivity index is 2.34. The maximum absolute atomic E-state index is 11.6. The highest BCUT2D eigenvalue weighted by molar-refractivity contribution is 7.17. The number of thiophene rings is 1. The number of fused-ring (bicyclic) bond motifs is 1. The molecule has 0 atom stereocenters. The van der Waals surface area contributed by atoms with Crippen LogP contribution in [0.25, 0.3) is 21.8 Å². The summed E-state index contributed by atoms with van der Waals surface area (Å²) in [5.74, 6) is 1.04. The first-order chi connectivity index (χ1) is 7.34. The summed E-state index contributed by atoms with van der Waals surface area (Å²) in [5.41, 5.74) is 0.580. The predicted octanol–water partition coefficient (Wildman–Crippen LogP) is 2.24. The Hall–Kier alpha value is -1.88. The van der Waals surface area contributed by atoms with Gasteiger partial charge in [0.05, 0.1) is 11.8 Å². The topological polar surface area (TPSA) is 58.9 Å². The lowest BCUT2D eigenvalue weighted by molar-refractivity contribution is 0.577. The lowest BCUT2D eigenvalue weighted by Gasteiger charge is -1.95. The van der Waals surface area contributed by atoms with Gasteiger partial charge in [0, 0.05) is 0 Å². The highest BCUT2D eigenvalue weighted by Crippen LogP contribution is 2.19. The molecule has 74 valence electrons. The van der Waals surface area contributed by atoms with Gasteiger partial charge in [-0.15, -0.1) is 11.3 Å². The van der Waals surface area contributed by atoms with Crippen LogP contribution in [0.2, 0.25) is 0 Å². The Labute approximate surface area is 88.2 Å². The van der Waals surface area contributed by atoms with Crippen LogP contribution in [-0.4, -0.2) is 9.97 Å². The molecule has 0 fully saturated rings. The summed E-state index contributed by atoms with van der Waals surface area (Å²) >= 11 is 1.38. The van der Waals surface area contributed by atoms with Gasteiger partial charge in [-0.05, 0) is 23.6 Å². The second-order valence-corrected chi connectivity index (χ2v) is 3.94. The molecular weight excluding hydrogens is 212 g/mol. The average molecular weight is 218 g/mol. The Morgan fingerprint density at radius 2 is 2.33 bits per heavy atom. The quantitative estimate of drug-likeness (QED) is 0.681. The van der Waals surface area contributed by atoms with E-state index in [0.717, 1.165) is 0 Å². The standard InChI is InChI=1S/C10H6N2O2S/c13-10-8-6(3-5-15-8)11-9(12-10)7-2-1-4-14-7/h1-5H,(H,11,12,13). The molecule has 0 aliphatic rings. The number of nitrogens with one attached hydrogen (secondary N) is 1. The molecule has 0 bridgehead atoms. The highest BCUT2D eigenvalue weighted by atomic mass is 32.1. The maximum atomic E-state index is 11.6. The number of aromatic amines is 1. The van der Waals surface area contributed by atoms with E-state index in [9.17, 15) is 4.79 Å². The zero-order chi connectivity index (χ0) is 10.3. The Morgan fingerprint density at radius 3 is 3.13 bits per heavy atom. The van der Waals surface area contributed by atoms with Crippen molar-refractivity contribution in [3.8, 4) is 11.6 Å². The van der Waals surface area contributed by atoms with Gasteiger partial charge in [0.25, 0.3) is 5.56 Å². The third-order valence-corrected chi connectivity index (χ3v) is 2.97. The summed E-state index contributed by atoms with van der Waals surface area (Å²) in [6, 6.07) is 5.34. The number of hydrogen-bond acceptors (Lipinski definition) is 4. The second kappa shape index (κ2) is 3.06. The van der Waals surface area contributed by atoms with Crippen LogP contribution in [-0.2, 0) is 0 Å². The molecule has 1 N–H and O–H groups in total. The number of hydrogen-bond donors (Lipinski definition) is 1. The lowest BCUT2D eigenvalue weighted by atomic mass is 10.4. The summed E-state index contributed by atoms with van der Waals surface area (Å²) < 4.78 is 5.81. The average Bonchev–Trinajstić information content (AvgIpc) is 2.88. The largest absolute Gasteiger partial charge is 0.461 e. The molecule has 0 aliphatic heterocycles. The van der Waals surface area contributed by atoms with E-state index in [2.05, 4.69) is 9.97 Å². The van der Waals surface area contributed by atoms with Crippen LogP contribution in [0, 0.1) is 0 Å². The Bertz CT molecular complexity index is 651. The Kier molecular flexibility index (Phi) is 1.72. The minimum absolute atomic E-state index is 0.124. The van der Waals surface area contributed by atoms with Gasteiger partial charge < -0.3 is 9.40 Å². The molecule has 0 unspecified atom stereocenters. The van der Waals surface area contributed by atoms with Crippen LogP contribution in [0.4, 0.5) is 0 Å². The number of furan rings is 1. The van der Waals surface area contributed by atoms with Gasteiger partial charge in [0.1, 0.15) is 4.70 Å². The number of H-pyrrole nitrogens is 1. The molecule has 0 amide bonds. The van der Waals surface area contributed by atoms with E-state index in [1.54, 1.807) is 18.4 Å². The van der Waals surface area contributed by atoms with Crippen molar-refractivity contribution in [1.29, 1.82) is 0 Å². The van der Waals surface area contributed by atoms with Crippen molar-refractivity contribution in [2.24, 2.45) is 0 Å². The van der Waals surface area contributed by atoms with Crippen molar-refractivity contribution < 1.29 is 4.42 Å². The minimum Gasteiger partial charge on any atom is -0.461 e. The van der Waals surface area contributed by atoms with Gasteiger partial charge in [0.2, 0.25) is 0 Å². The summed E-state index contributed by atoms with van der Waals surface area (Å²) in [7, 11) is 0. The van der Waals surface area contributed by atoms with Gasteiger partial charge in [0.15, 0.2) is 11.6 Å². The van der Waals surface area contributed by atoms with E-state index in [0.29, 0.717) is 21.8 Å². The van der Waals surface area contributed by atoms with E-state index < -0.39 is 0 Å². The molecule has 5 heteroatoms. The molecule has 15 heavy (non-hydrogen) atoms. The molecule has 0 saturated carbocycles. The second-order valence-electron chi connectivity index (χ2n) is 3.03. The first-order valence-corrected chi connectivity index (χ1v) is 5.24. The minimum atomic E-state index is -0.124. The first-order valence-electron chi connectivity index (χ1n) is 4.36. The van der Waals surface area contributed by atoms with E-state index in [-0.39, 0.29) is 5.56 Å². The number of aromatic nitrogens is 2. The fraction of sp³-hybridized carbons (Fsp3) is 0. The molecule has 0 aromatic carbocycles. The van der Waals surface area contributed by atoms with Gasteiger partial charge >= 0.3 is 0 Å². The zero-order valence-corrected chi connectivity index (χ0v) is 8.38. The molecule has 0 radical (unpaired) electrons. The van der Waals surface area contributed by atoms with Gasteiger partial charge in [-0.25, -0.2) is 4.98 Å². The van der Waals surface area contributed by atoms with Gasteiger partial charge in [-0.1, -0.05) is 0 Å². The Morgan fingerprint density at radius 1 is 1.40 bits per heavy atom. The van der Waals surface area contributed by atoms with E-state index >= 15 is 0 Å². The molecule has 3 aromatic rings. The normalized spacial score (nSPS) is 10.9. The van der Waals surface area contributed by atoms with Crippen molar-refractivity contribution in [2.75, 3.05) is 0 Å². The molecule has 0 spiro atoms. The van der Waals surface area contributed by atoms with Crippen molar-refractivity contribution in [3.05, 3.63) is 40.2 Å². The summed E-state index contributed by atoms with van der Waals surface area (Å²) in [4.78, 5) is 18.6. The molecular formula is C10H6N2O2S. The van der Waals surface area contributed by atoms with Crippen LogP contribution in [0.5, 0.6) is 0 Å². The molecule has 4 nitrogen and oxygen atoms in total. The van der Waals surface area contributed by atoms with Gasteiger partial charge in [-0.3, -0.25) is 4.79 Å². The maximum Gasteiger partial charge on any atom is 0.269 e. The summed E-state index contributed by atoms with van der Waals surface area (Å²) in [6.45, 7) is 0. The van der Waals surface area contributed by atoms with E-state index in [1.807, 2.05) is 11.4 Å². The predicted molar refractivity (Wildman–Crippen MR) is 57.9 cm³/mol. The van der Waals surface area contributed by atoms with Crippen LogP contribution in [0.15, 0.2) is 39.1 Å². The monoisotopic (exact) mass is 218 g/mol. The van der Waals surface area contributed by atoms with Crippen LogP contribution in [0.1, 0.15) is 0 Å². The molecule has 3 aromatic heterocycles. The molecule has 3 heterocycles. The van der Waals surface area contributed by atoms with Crippen molar-refractivity contribution in [2.45, 2.75) is 0 Å². The molecule has 0 saturated heterocycles. The van der Waals surface area contributed by atoms with Crippen molar-refractivity contribution in [3.63, 3.8) is 0 Å². The van der Waals surface area contributed by atoms with Crippen LogP contribution < -0.4 is 5.56 Å². The number of nitrogens with zero attached hydrogens (tertiary/aromatic N) is 1. The fourth-order valence-electron chi connectivity index (χ4n) is 1.40. The van der Waals surface area contributed by atoms with E-state index in [4.69, 9.17) is 4.42 Å². The third kappa shape index (κ3) is 1.28.